The summed E-state index contributed by atoms with van der Waals surface area (Å²) in [5, 5.41) is -0.380. The van der Waals surface area contributed by atoms with Crippen LogP contribution in [0.2, 0.25) is 90.7 Å². The highest BCUT2D eigenvalue weighted by Gasteiger charge is 2.54. The third-order valence-corrected chi connectivity index (χ3v) is 38.0. The predicted molar refractivity (Wildman–Crippen MR) is 271 cm³/mol. The molecule has 0 spiro atoms. The first-order chi connectivity index (χ1) is 26.9. The molecule has 0 aromatic heterocycles. The highest BCUT2D eigenvalue weighted by Crippen LogP contribution is 2.46. The van der Waals surface area contributed by atoms with Crippen LogP contribution in [0.25, 0.3) is 0 Å². The molecule has 0 bridgehead atoms. The van der Waals surface area contributed by atoms with E-state index in [2.05, 4.69) is 181 Å². The van der Waals surface area contributed by atoms with Gasteiger partial charge in [0.15, 0.2) is 41.6 Å². The van der Waals surface area contributed by atoms with Crippen molar-refractivity contribution in [2.24, 2.45) is 0 Å². The zero-order valence-corrected chi connectivity index (χ0v) is 49.2. The lowest BCUT2D eigenvalue weighted by molar-refractivity contribution is -0.0977. The van der Waals surface area contributed by atoms with Crippen LogP contribution in [-0.2, 0) is 22.1 Å². The van der Waals surface area contributed by atoms with Gasteiger partial charge in [0.25, 0.3) is 11.8 Å². The molecule has 1 aliphatic heterocycles. The standard InChI is InChI=1S/C47H94N2O7Si5/c1-43(2,3)57(17,18)52-34-38(54-59(21,22)45(7,8)9)40(56-61(25,26)47(13,14)15)39(55-60(23,24)46(10,11)12)37(53-58(19,20)44(4,5)6)33-48(16)31-32-49-41(50)35-29-27-28-30-36(35)42(49)51/h27-30,37-40H,31-34H2,1-26H3/t37-,38+,39+,40+/m1/s1. The van der Waals surface area contributed by atoms with Gasteiger partial charge in [-0.25, -0.2) is 0 Å². The normalized spacial score (nSPS) is 17.9. The van der Waals surface area contributed by atoms with Crippen molar-refractivity contribution in [1.29, 1.82) is 0 Å². The molecule has 0 saturated heterocycles. The van der Waals surface area contributed by atoms with Gasteiger partial charge in [-0.1, -0.05) is 116 Å². The number of hydrogen-bond acceptors (Lipinski definition) is 8. The van der Waals surface area contributed by atoms with Gasteiger partial charge in [-0.15, -0.1) is 0 Å². The van der Waals surface area contributed by atoms with Crippen LogP contribution in [0.5, 0.6) is 0 Å². The Kier molecular flexibility index (Phi) is 17.7. The molecule has 1 aromatic carbocycles. The molecule has 0 fully saturated rings. The second-order valence-electron chi connectivity index (χ2n) is 25.7. The monoisotopic (exact) mass is 939 g/mol. The van der Waals surface area contributed by atoms with Gasteiger partial charge in [-0.05, 0) is 110 Å². The molecule has 9 nitrogen and oxygen atoms in total. The van der Waals surface area contributed by atoms with Crippen LogP contribution in [0.15, 0.2) is 24.3 Å². The molecule has 4 atom stereocenters. The summed E-state index contributed by atoms with van der Waals surface area (Å²) in [6.07, 6.45) is -1.92. The smallest absolute Gasteiger partial charge is 0.261 e. The second-order valence-corrected chi connectivity index (χ2v) is 49.5. The molecule has 1 aromatic rings. The van der Waals surface area contributed by atoms with Gasteiger partial charge in [0.1, 0.15) is 0 Å². The summed E-state index contributed by atoms with van der Waals surface area (Å²) in [4.78, 5) is 30.5. The van der Waals surface area contributed by atoms with E-state index < -0.39 is 66.0 Å². The zero-order chi connectivity index (χ0) is 48.0. The van der Waals surface area contributed by atoms with Gasteiger partial charge in [0.05, 0.1) is 42.1 Å². The van der Waals surface area contributed by atoms with Gasteiger partial charge in [0.2, 0.25) is 0 Å². The minimum absolute atomic E-state index is 0.00246. The molecule has 0 saturated carbocycles. The highest BCUT2D eigenvalue weighted by atomic mass is 28.4. The average Bonchev–Trinajstić information content (AvgIpc) is 3.29. The van der Waals surface area contributed by atoms with Crippen LogP contribution >= 0.6 is 0 Å². The fourth-order valence-electron chi connectivity index (χ4n) is 5.88. The predicted octanol–water partition coefficient (Wildman–Crippen LogP) is 12.8. The molecule has 0 N–H and O–H groups in total. The Labute approximate surface area is 380 Å². The third kappa shape index (κ3) is 13.9. The topological polar surface area (TPSA) is 86.8 Å². The number of benzene rings is 1. The van der Waals surface area contributed by atoms with E-state index in [-0.39, 0.29) is 43.6 Å². The van der Waals surface area contributed by atoms with E-state index in [1.165, 1.54) is 4.90 Å². The van der Waals surface area contributed by atoms with E-state index in [1.807, 2.05) is 12.1 Å². The van der Waals surface area contributed by atoms with Crippen molar-refractivity contribution in [2.45, 2.75) is 219 Å². The van der Waals surface area contributed by atoms with Crippen molar-refractivity contribution < 1.29 is 31.7 Å². The largest absolute Gasteiger partial charge is 0.414 e. The lowest BCUT2D eigenvalue weighted by Crippen LogP contribution is -2.64. The SMILES string of the molecule is CN(CCN1C(=O)c2ccccc2C1=O)C[C@@H](O[Si](C)(C)C(C)(C)C)[C@H](O[Si](C)(C)C(C)(C)C)[C@@H](O[Si](C)(C)C(C)(C)C)[C@H](CO[Si](C)(C)C(C)(C)C)O[Si](C)(C)C(C)(C)C. The summed E-state index contributed by atoms with van der Waals surface area (Å²) in [5.41, 5.74) is 0.936. The number of rotatable bonds is 19. The molecule has 1 heterocycles. The van der Waals surface area contributed by atoms with Crippen LogP contribution in [0.3, 0.4) is 0 Å². The third-order valence-electron chi connectivity index (χ3n) is 15.5. The van der Waals surface area contributed by atoms with Crippen molar-refractivity contribution >= 4 is 53.4 Å². The zero-order valence-electron chi connectivity index (χ0n) is 44.2. The van der Waals surface area contributed by atoms with Crippen molar-refractivity contribution in [3.63, 3.8) is 0 Å². The summed E-state index contributed by atoms with van der Waals surface area (Å²) >= 11 is 0. The lowest BCUT2D eigenvalue weighted by Gasteiger charge is -2.52. The first-order valence-corrected chi connectivity index (χ1v) is 37.4. The molecule has 0 aliphatic carbocycles. The number of imide groups is 1. The van der Waals surface area contributed by atoms with E-state index in [0.717, 1.165) is 0 Å². The fraction of sp³-hybridized carbons (Fsp3) is 0.830. The van der Waals surface area contributed by atoms with E-state index in [9.17, 15) is 9.59 Å². The van der Waals surface area contributed by atoms with Crippen molar-refractivity contribution in [3.05, 3.63) is 35.4 Å². The first kappa shape index (κ1) is 56.3. The van der Waals surface area contributed by atoms with Gasteiger partial charge >= 0.3 is 0 Å². The summed E-state index contributed by atoms with van der Waals surface area (Å²) in [6, 6.07) is 7.11. The molecule has 2 rings (SSSR count). The first-order valence-electron chi connectivity index (χ1n) is 22.9. The number of amides is 2. The number of likely N-dealkylation sites (N-methyl/N-ethyl adjacent to an activating group) is 1. The van der Waals surface area contributed by atoms with Gasteiger partial charge in [0, 0.05) is 19.6 Å². The minimum Gasteiger partial charge on any atom is -0.414 e. The molecule has 354 valence electrons. The van der Waals surface area contributed by atoms with Crippen LogP contribution in [-0.4, -0.2) is 121 Å². The number of hydrogen-bond donors (Lipinski definition) is 0. The van der Waals surface area contributed by atoms with Gasteiger partial charge in [-0.3, -0.25) is 14.5 Å². The molecular weight excluding hydrogens is 845 g/mol. The minimum atomic E-state index is -2.53. The maximum Gasteiger partial charge on any atom is 0.261 e. The summed E-state index contributed by atoms with van der Waals surface area (Å²) in [6.45, 7) is 59.3. The number of nitrogens with zero attached hydrogens (tertiary/aromatic N) is 2. The lowest BCUT2D eigenvalue weighted by atomic mass is 10.0. The van der Waals surface area contributed by atoms with Crippen molar-refractivity contribution in [3.8, 4) is 0 Å². The average molecular weight is 940 g/mol. The number of carbonyl (C=O) groups is 2. The van der Waals surface area contributed by atoms with E-state index in [1.54, 1.807) is 12.1 Å². The van der Waals surface area contributed by atoms with E-state index in [4.69, 9.17) is 22.1 Å². The molecule has 61 heavy (non-hydrogen) atoms. The van der Waals surface area contributed by atoms with Crippen LogP contribution in [0.4, 0.5) is 0 Å². The van der Waals surface area contributed by atoms with Crippen molar-refractivity contribution in [1.82, 2.24) is 9.80 Å². The highest BCUT2D eigenvalue weighted by molar-refractivity contribution is 6.76. The molecule has 14 heteroatoms. The molecule has 2 amide bonds. The van der Waals surface area contributed by atoms with E-state index >= 15 is 0 Å². The van der Waals surface area contributed by atoms with Crippen molar-refractivity contribution in [2.75, 3.05) is 33.3 Å². The Balaban J connectivity index is 2.99. The summed E-state index contributed by atoms with van der Waals surface area (Å²) < 4.78 is 38.3. The summed E-state index contributed by atoms with van der Waals surface area (Å²) in [5.74, 6) is -0.477. The van der Waals surface area contributed by atoms with Gasteiger partial charge in [-0.2, -0.15) is 0 Å². The molecule has 0 radical (unpaired) electrons. The number of fused-ring (bicyclic) bond motifs is 1. The quantitative estimate of drug-likeness (QED) is 0.100. The number of carbonyl (C=O) groups excluding carboxylic acids is 2. The maximum absolute atomic E-state index is 13.5. The maximum atomic E-state index is 13.5. The van der Waals surface area contributed by atoms with E-state index in [0.29, 0.717) is 30.8 Å². The second kappa shape index (κ2) is 19.2. The fourth-order valence-corrected chi connectivity index (χ4v) is 12.2. The Bertz CT molecular complexity index is 1610. The Morgan fingerprint density at radius 1 is 0.508 bits per heavy atom. The Hall–Kier alpha value is -0.796. The molecular formula is C47H94N2O7Si5. The van der Waals surface area contributed by atoms with Gasteiger partial charge < -0.3 is 27.0 Å². The molecule has 0 unspecified atom stereocenters. The Morgan fingerprint density at radius 3 is 1.16 bits per heavy atom. The summed E-state index contributed by atoms with van der Waals surface area (Å²) in [7, 11) is -10.1. The molecule has 1 aliphatic rings. The van der Waals surface area contributed by atoms with Crippen LogP contribution < -0.4 is 0 Å². The Morgan fingerprint density at radius 2 is 0.820 bits per heavy atom. The van der Waals surface area contributed by atoms with Crippen LogP contribution in [0, 0.1) is 0 Å². The van der Waals surface area contributed by atoms with Crippen LogP contribution in [0.1, 0.15) is 125 Å².